The molecule has 8 nitrogen and oxygen atoms in total. The van der Waals surface area contributed by atoms with E-state index in [9.17, 15) is 23.5 Å². The zero-order valence-electron chi connectivity index (χ0n) is 26.8. The zero-order chi connectivity index (χ0) is 32.9. The van der Waals surface area contributed by atoms with Gasteiger partial charge in [0.05, 0.1) is 65.5 Å². The Balaban J connectivity index is 1.21. The summed E-state index contributed by atoms with van der Waals surface area (Å²) in [5.74, 6) is -1.35. The molecule has 246 valence electrons. The number of likely N-dealkylation sites (N-methyl/N-ethyl adjacent to an activating group) is 1. The molecular formula is C36H44F2N3O5+. The van der Waals surface area contributed by atoms with Gasteiger partial charge < -0.3 is 29.3 Å². The maximum absolute atomic E-state index is 13.7. The lowest BCUT2D eigenvalue weighted by Crippen LogP contribution is -2.55. The van der Waals surface area contributed by atoms with Gasteiger partial charge in [-0.05, 0) is 78.8 Å². The lowest BCUT2D eigenvalue weighted by molar-refractivity contribution is -0.869. The Morgan fingerprint density at radius 1 is 1.02 bits per heavy atom. The molecule has 5 rings (SSSR count). The molecule has 2 aliphatic heterocycles. The van der Waals surface area contributed by atoms with E-state index in [4.69, 9.17) is 9.47 Å². The number of nitrogens with zero attached hydrogens (tertiary/aromatic N) is 2. The number of aliphatic hydroxyl groups is 1. The number of aliphatic hydroxyl groups excluding tert-OH is 1. The fourth-order valence-corrected chi connectivity index (χ4v) is 5.97. The number of hydrogen-bond donors (Lipinski definition) is 2. The molecule has 3 aromatic carbocycles. The number of halogens is 2. The van der Waals surface area contributed by atoms with E-state index in [1.54, 1.807) is 29.2 Å². The number of benzene rings is 3. The first-order valence-electron chi connectivity index (χ1n) is 15.8. The second kappa shape index (κ2) is 14.4. The molecule has 0 bridgehead atoms. The van der Waals surface area contributed by atoms with Gasteiger partial charge in [-0.25, -0.2) is 8.78 Å². The van der Waals surface area contributed by atoms with Crippen LogP contribution in [0.3, 0.4) is 0 Å². The molecule has 3 atom stereocenters. The quantitative estimate of drug-likeness (QED) is 0.186. The predicted octanol–water partition coefficient (Wildman–Crippen LogP) is 4.72. The first-order chi connectivity index (χ1) is 21.9. The normalized spacial score (nSPS) is 19.7. The van der Waals surface area contributed by atoms with Gasteiger partial charge in [-0.3, -0.25) is 9.59 Å². The third kappa shape index (κ3) is 8.36. The van der Waals surface area contributed by atoms with Crippen molar-refractivity contribution in [2.75, 3.05) is 59.0 Å². The van der Waals surface area contributed by atoms with Gasteiger partial charge in [0.15, 0.2) is 0 Å². The molecule has 1 unspecified atom stereocenters. The van der Waals surface area contributed by atoms with Crippen molar-refractivity contribution in [2.24, 2.45) is 5.92 Å². The van der Waals surface area contributed by atoms with Crippen LogP contribution in [0, 0.1) is 17.6 Å². The molecule has 2 saturated heterocycles. The zero-order valence-corrected chi connectivity index (χ0v) is 26.8. The summed E-state index contributed by atoms with van der Waals surface area (Å²) in [6.45, 7) is 2.29. The molecule has 0 spiro atoms. The largest absolute Gasteiger partial charge is 0.388 e. The highest BCUT2D eigenvalue weighted by molar-refractivity contribution is 6.03. The molecule has 0 aromatic heterocycles. The number of hydrogen-bond acceptors (Lipinski definition) is 5. The number of ether oxygens (including phenoxy) is 2. The summed E-state index contributed by atoms with van der Waals surface area (Å²) in [4.78, 5) is 27.4. The highest BCUT2D eigenvalue weighted by atomic mass is 19.1. The SMILES string of the molecule is C[N+](C)(C)CCNC(=O)COC1(CCc2ccc([C@@H]3[C@@H](CCC(O)c4ccc(F)cc4)C(=O)N3c3ccc(F)cc3)cc2)COC1. The van der Waals surface area contributed by atoms with Crippen LogP contribution in [0.5, 0.6) is 0 Å². The standard InChI is InChI=1S/C36H43F2N3O5/c1-41(2,3)21-20-39-33(43)22-46-36(23-45-24-36)19-18-25-4-6-27(7-5-25)34-31(16-17-32(42)26-8-10-28(37)11-9-26)35(44)40(34)30-14-12-29(38)13-15-30/h4-15,31-32,34,42H,16-24H2,1-3H3/p+1/t31-,32?,34-/m1/s1. The Morgan fingerprint density at radius 2 is 1.65 bits per heavy atom. The fraction of sp³-hybridized carbons (Fsp3) is 0.444. The van der Waals surface area contributed by atoms with Crippen LogP contribution in [-0.4, -0.2) is 81.1 Å². The Hall–Kier alpha value is -3.70. The smallest absolute Gasteiger partial charge is 0.246 e. The van der Waals surface area contributed by atoms with Crippen LogP contribution in [0.2, 0.25) is 0 Å². The van der Waals surface area contributed by atoms with Crippen molar-refractivity contribution < 1.29 is 37.4 Å². The Kier molecular flexibility index (Phi) is 10.5. The van der Waals surface area contributed by atoms with Crippen LogP contribution >= 0.6 is 0 Å². The number of anilines is 1. The summed E-state index contributed by atoms with van der Waals surface area (Å²) in [6, 6.07) is 19.4. The van der Waals surface area contributed by atoms with E-state index in [1.165, 1.54) is 24.3 Å². The topological polar surface area (TPSA) is 88.1 Å². The number of amides is 2. The third-order valence-corrected chi connectivity index (χ3v) is 8.86. The van der Waals surface area contributed by atoms with E-state index in [-0.39, 0.29) is 42.0 Å². The molecule has 3 aromatic rings. The summed E-state index contributed by atoms with van der Waals surface area (Å²) in [7, 11) is 6.22. The minimum absolute atomic E-state index is 0.00832. The van der Waals surface area contributed by atoms with Gasteiger partial charge in [0.1, 0.15) is 23.8 Å². The van der Waals surface area contributed by atoms with E-state index in [2.05, 4.69) is 26.5 Å². The van der Waals surface area contributed by atoms with Crippen LogP contribution < -0.4 is 10.2 Å². The number of carbonyl (C=O) groups is 2. The Labute approximate surface area is 269 Å². The minimum atomic E-state index is -0.824. The molecule has 46 heavy (non-hydrogen) atoms. The van der Waals surface area contributed by atoms with E-state index in [0.29, 0.717) is 50.3 Å². The van der Waals surface area contributed by atoms with Crippen molar-refractivity contribution in [1.82, 2.24) is 5.32 Å². The number of nitrogens with one attached hydrogen (secondary N) is 1. The lowest BCUT2D eigenvalue weighted by atomic mass is 9.78. The monoisotopic (exact) mass is 636 g/mol. The third-order valence-electron chi connectivity index (χ3n) is 8.86. The van der Waals surface area contributed by atoms with Gasteiger partial charge >= 0.3 is 0 Å². The second-order valence-corrected chi connectivity index (χ2v) is 13.5. The van der Waals surface area contributed by atoms with Gasteiger partial charge in [0.2, 0.25) is 11.8 Å². The molecule has 0 saturated carbocycles. The fourth-order valence-electron chi connectivity index (χ4n) is 5.97. The highest BCUT2D eigenvalue weighted by Gasteiger charge is 2.48. The van der Waals surface area contributed by atoms with E-state index < -0.39 is 11.7 Å². The van der Waals surface area contributed by atoms with Crippen LogP contribution in [0.1, 0.15) is 48.1 Å². The Bertz CT molecular complexity index is 1470. The van der Waals surface area contributed by atoms with Crippen molar-refractivity contribution in [1.29, 1.82) is 0 Å². The van der Waals surface area contributed by atoms with Gasteiger partial charge in [-0.15, -0.1) is 0 Å². The van der Waals surface area contributed by atoms with Gasteiger partial charge in [-0.2, -0.15) is 0 Å². The highest BCUT2D eigenvalue weighted by Crippen LogP contribution is 2.46. The first kappa shape index (κ1) is 33.7. The molecule has 0 aliphatic carbocycles. The molecule has 10 heteroatoms. The van der Waals surface area contributed by atoms with Crippen molar-refractivity contribution in [3.05, 3.63) is 101 Å². The van der Waals surface area contributed by atoms with Crippen molar-refractivity contribution in [2.45, 2.75) is 43.4 Å². The number of quaternary nitrogens is 1. The molecule has 2 amide bonds. The van der Waals surface area contributed by atoms with Gasteiger partial charge in [0.25, 0.3) is 0 Å². The van der Waals surface area contributed by atoms with Gasteiger partial charge in [-0.1, -0.05) is 36.4 Å². The molecule has 2 N–H and O–H groups in total. The Morgan fingerprint density at radius 3 is 2.24 bits per heavy atom. The van der Waals surface area contributed by atoms with Gasteiger partial charge in [0, 0.05) is 5.69 Å². The summed E-state index contributed by atoms with van der Waals surface area (Å²) < 4.78 is 39.3. The number of aryl methyl sites for hydroxylation is 1. The number of β-lactam (4-membered cyclic amide) rings is 1. The van der Waals surface area contributed by atoms with Crippen LogP contribution in [0.4, 0.5) is 14.5 Å². The summed E-state index contributed by atoms with van der Waals surface area (Å²) in [5, 5.41) is 13.6. The van der Waals surface area contributed by atoms with Crippen LogP contribution in [-0.2, 0) is 25.5 Å². The number of carbonyl (C=O) groups excluding carboxylic acids is 2. The van der Waals surface area contributed by atoms with Crippen LogP contribution in [0.25, 0.3) is 0 Å². The maximum Gasteiger partial charge on any atom is 0.246 e. The van der Waals surface area contributed by atoms with Crippen molar-refractivity contribution >= 4 is 17.5 Å². The lowest BCUT2D eigenvalue weighted by Gasteiger charge is -2.48. The summed E-state index contributed by atoms with van der Waals surface area (Å²) in [6.07, 6.45) is 1.38. The molecular weight excluding hydrogens is 592 g/mol. The van der Waals surface area contributed by atoms with E-state index in [1.807, 2.05) is 24.3 Å². The molecule has 2 heterocycles. The average Bonchev–Trinajstić information content (AvgIpc) is 3.00. The van der Waals surface area contributed by atoms with E-state index in [0.717, 1.165) is 28.6 Å². The van der Waals surface area contributed by atoms with E-state index >= 15 is 0 Å². The molecule has 0 radical (unpaired) electrons. The number of rotatable bonds is 15. The predicted molar refractivity (Wildman–Crippen MR) is 171 cm³/mol. The second-order valence-electron chi connectivity index (χ2n) is 13.5. The first-order valence-corrected chi connectivity index (χ1v) is 15.8. The molecule has 2 aliphatic rings. The summed E-state index contributed by atoms with van der Waals surface area (Å²) >= 11 is 0. The van der Waals surface area contributed by atoms with Crippen molar-refractivity contribution in [3.63, 3.8) is 0 Å². The average molecular weight is 637 g/mol. The summed E-state index contributed by atoms with van der Waals surface area (Å²) in [5.41, 5.74) is 2.75. The minimum Gasteiger partial charge on any atom is -0.388 e. The molecule has 2 fully saturated rings. The maximum atomic E-state index is 13.7. The van der Waals surface area contributed by atoms with Crippen LogP contribution in [0.15, 0.2) is 72.8 Å². The van der Waals surface area contributed by atoms with Crippen molar-refractivity contribution in [3.8, 4) is 0 Å².